The van der Waals surface area contributed by atoms with Crippen molar-refractivity contribution in [3.05, 3.63) is 30.3 Å². The van der Waals surface area contributed by atoms with Crippen LogP contribution < -0.4 is 5.30 Å². The van der Waals surface area contributed by atoms with Crippen LogP contribution in [0, 0.1) is 0 Å². The molecule has 0 aromatic heterocycles. The van der Waals surface area contributed by atoms with Crippen molar-refractivity contribution in [1.29, 1.82) is 0 Å². The zero-order valence-corrected chi connectivity index (χ0v) is 10.3. The van der Waals surface area contributed by atoms with Gasteiger partial charge in [-0.15, -0.1) is 0 Å². The molecule has 1 heterocycles. The molecule has 2 rings (SSSR count). The molecule has 1 atom stereocenters. The lowest BCUT2D eigenvalue weighted by atomic mass is 10.2. The third-order valence-corrected chi connectivity index (χ3v) is 6.06. The lowest BCUT2D eigenvalue weighted by Crippen LogP contribution is -2.28. The maximum Gasteiger partial charge on any atom is 0.263 e. The average molecular weight is 244 g/mol. The number of benzene rings is 1. The zero-order valence-electron chi connectivity index (χ0n) is 8.60. The van der Waals surface area contributed by atoms with Gasteiger partial charge in [-0.25, -0.2) is 4.67 Å². The first-order chi connectivity index (χ1) is 7.21. The first-order valence-corrected chi connectivity index (χ1v) is 7.88. The van der Waals surface area contributed by atoms with Crippen LogP contribution in [0.25, 0.3) is 0 Å². The van der Waals surface area contributed by atoms with Crippen LogP contribution in [0.4, 0.5) is 0 Å². The summed E-state index contributed by atoms with van der Waals surface area (Å²) in [5.41, 5.74) is 0. The molecule has 0 amide bonds. The first kappa shape index (κ1) is 11.2. The van der Waals surface area contributed by atoms with Crippen molar-refractivity contribution in [3.8, 4) is 0 Å². The molecule has 1 aromatic carbocycles. The predicted molar refractivity (Wildman–Crippen MR) is 65.0 cm³/mol. The minimum absolute atomic E-state index is 0.758. The van der Waals surface area contributed by atoms with E-state index in [2.05, 4.69) is 0 Å². The van der Waals surface area contributed by atoms with Gasteiger partial charge in [-0.3, -0.25) is 4.57 Å². The molecule has 1 aromatic rings. The van der Waals surface area contributed by atoms with E-state index in [0.717, 1.165) is 31.2 Å². The second kappa shape index (κ2) is 4.69. The molecule has 0 aliphatic carbocycles. The Kier molecular flexibility index (Phi) is 3.50. The summed E-state index contributed by atoms with van der Waals surface area (Å²) in [5.74, 6) is 0. The van der Waals surface area contributed by atoms with Crippen LogP contribution in [0.5, 0.6) is 0 Å². The van der Waals surface area contributed by atoms with Crippen molar-refractivity contribution >= 4 is 23.2 Å². The van der Waals surface area contributed by atoms with E-state index in [9.17, 15) is 4.57 Å². The minimum atomic E-state index is -2.81. The van der Waals surface area contributed by atoms with Crippen LogP contribution in [0.2, 0.25) is 0 Å². The van der Waals surface area contributed by atoms with E-state index in [4.69, 9.17) is 11.2 Å². The summed E-state index contributed by atoms with van der Waals surface area (Å²) >= 11 is 6.22. The molecule has 4 heteroatoms. The lowest BCUT2D eigenvalue weighted by Gasteiger charge is -2.30. The van der Waals surface area contributed by atoms with Gasteiger partial charge in [0.05, 0.1) is 0 Å². The molecule has 0 radical (unpaired) electrons. The maximum absolute atomic E-state index is 12.5. The summed E-state index contributed by atoms with van der Waals surface area (Å²) in [6.45, 7) is -1.10. The molecule has 2 nitrogen and oxygen atoms in total. The van der Waals surface area contributed by atoms with E-state index >= 15 is 0 Å². The van der Waals surface area contributed by atoms with Crippen molar-refractivity contribution in [1.82, 2.24) is 4.67 Å². The van der Waals surface area contributed by atoms with Gasteiger partial charge in [-0.05, 0) is 36.2 Å². The molecule has 1 fully saturated rings. The quantitative estimate of drug-likeness (QED) is 0.744. The standard InChI is InChI=1S/C11H15ClNOP/c12-15(14,11-7-3-1-4-8-11)13-9-5-2-6-10-13/h1,3-4,7-8H,2,5-6,9-10H2. The summed E-state index contributed by atoms with van der Waals surface area (Å²) in [5, 5.41) is 0.758. The van der Waals surface area contributed by atoms with Gasteiger partial charge in [-0.1, -0.05) is 24.6 Å². The largest absolute Gasteiger partial charge is 0.284 e. The van der Waals surface area contributed by atoms with Crippen LogP contribution in [0.3, 0.4) is 0 Å². The highest BCUT2D eigenvalue weighted by molar-refractivity contribution is 7.93. The van der Waals surface area contributed by atoms with E-state index in [0.29, 0.717) is 0 Å². The molecule has 0 saturated carbocycles. The highest BCUT2D eigenvalue weighted by atomic mass is 35.7. The summed E-state index contributed by atoms with van der Waals surface area (Å²) in [6.07, 6.45) is 3.43. The van der Waals surface area contributed by atoms with Gasteiger partial charge in [0.2, 0.25) is 0 Å². The van der Waals surface area contributed by atoms with E-state index in [1.54, 1.807) is 0 Å². The highest BCUT2D eigenvalue weighted by Gasteiger charge is 2.30. The normalized spacial score (nSPS) is 22.2. The SMILES string of the molecule is O=P(Cl)(c1ccccc1)N1CCCCC1. The van der Waals surface area contributed by atoms with Crippen LogP contribution in [-0.2, 0) is 4.57 Å². The minimum Gasteiger partial charge on any atom is -0.284 e. The molecule has 1 aliphatic rings. The fraction of sp³-hybridized carbons (Fsp3) is 0.455. The topological polar surface area (TPSA) is 20.3 Å². The Morgan fingerprint density at radius 2 is 1.67 bits per heavy atom. The van der Waals surface area contributed by atoms with E-state index in [1.807, 2.05) is 35.0 Å². The Balaban J connectivity index is 2.22. The van der Waals surface area contributed by atoms with Crippen molar-refractivity contribution in [2.45, 2.75) is 19.3 Å². The van der Waals surface area contributed by atoms with Gasteiger partial charge in [-0.2, -0.15) is 0 Å². The van der Waals surface area contributed by atoms with Gasteiger partial charge in [0.1, 0.15) is 0 Å². The molecule has 1 saturated heterocycles. The second-order valence-electron chi connectivity index (χ2n) is 3.85. The number of halogens is 1. The molecule has 1 unspecified atom stereocenters. The van der Waals surface area contributed by atoms with Gasteiger partial charge >= 0.3 is 0 Å². The number of rotatable bonds is 2. The number of hydrogen-bond acceptors (Lipinski definition) is 1. The summed E-state index contributed by atoms with van der Waals surface area (Å²) < 4.78 is 14.4. The van der Waals surface area contributed by atoms with Crippen LogP contribution >= 0.6 is 17.9 Å². The monoisotopic (exact) mass is 243 g/mol. The fourth-order valence-corrected chi connectivity index (χ4v) is 4.37. The summed E-state index contributed by atoms with van der Waals surface area (Å²) in [6, 6.07) is 9.38. The van der Waals surface area contributed by atoms with Gasteiger partial charge in [0.25, 0.3) is 6.65 Å². The first-order valence-electron chi connectivity index (χ1n) is 5.32. The molecule has 15 heavy (non-hydrogen) atoms. The van der Waals surface area contributed by atoms with Crippen molar-refractivity contribution in [3.63, 3.8) is 0 Å². The number of hydrogen-bond donors (Lipinski definition) is 0. The number of nitrogens with zero attached hydrogens (tertiary/aromatic N) is 1. The number of piperidine rings is 1. The van der Waals surface area contributed by atoms with Gasteiger partial charge in [0, 0.05) is 18.4 Å². The smallest absolute Gasteiger partial charge is 0.263 e. The van der Waals surface area contributed by atoms with Crippen LogP contribution in [0.15, 0.2) is 30.3 Å². The van der Waals surface area contributed by atoms with Crippen molar-refractivity contribution < 1.29 is 4.57 Å². The van der Waals surface area contributed by atoms with Crippen molar-refractivity contribution in [2.24, 2.45) is 0 Å². The van der Waals surface area contributed by atoms with E-state index in [-0.39, 0.29) is 0 Å². The van der Waals surface area contributed by atoms with Gasteiger partial charge < -0.3 is 0 Å². The Hall–Kier alpha value is -0.300. The Bertz CT molecular complexity index is 362. The van der Waals surface area contributed by atoms with Crippen LogP contribution in [-0.4, -0.2) is 17.8 Å². The molecule has 0 N–H and O–H groups in total. The lowest BCUT2D eigenvalue weighted by molar-refractivity contribution is 0.355. The maximum atomic E-state index is 12.5. The zero-order chi connectivity index (χ0) is 10.7. The fourth-order valence-electron chi connectivity index (χ4n) is 1.91. The Morgan fingerprint density at radius 1 is 1.07 bits per heavy atom. The molecule has 0 bridgehead atoms. The van der Waals surface area contributed by atoms with Gasteiger partial charge in [0.15, 0.2) is 0 Å². The predicted octanol–water partition coefficient (Wildman–Crippen LogP) is 3.23. The highest BCUT2D eigenvalue weighted by Crippen LogP contribution is 2.54. The van der Waals surface area contributed by atoms with Crippen LogP contribution in [0.1, 0.15) is 19.3 Å². The second-order valence-corrected chi connectivity index (χ2v) is 7.31. The molecular weight excluding hydrogens is 229 g/mol. The Labute approximate surface area is 95.5 Å². The van der Waals surface area contributed by atoms with Crippen molar-refractivity contribution in [2.75, 3.05) is 13.1 Å². The summed E-state index contributed by atoms with van der Waals surface area (Å²) in [7, 11) is 0. The Morgan fingerprint density at radius 3 is 2.27 bits per heavy atom. The third-order valence-electron chi connectivity index (χ3n) is 2.77. The molecule has 0 spiro atoms. The third kappa shape index (κ3) is 2.44. The summed E-state index contributed by atoms with van der Waals surface area (Å²) in [4.78, 5) is 0. The van der Waals surface area contributed by atoms with E-state index < -0.39 is 6.65 Å². The van der Waals surface area contributed by atoms with E-state index in [1.165, 1.54) is 6.42 Å². The molecule has 1 aliphatic heterocycles. The molecular formula is C11H15ClNOP. The average Bonchev–Trinajstić information content (AvgIpc) is 2.31. The molecule has 82 valence electrons.